The second-order valence-corrected chi connectivity index (χ2v) is 3.72. The number of carbonyl (C=O) groups is 1. The lowest BCUT2D eigenvalue weighted by atomic mass is 10.2. The number of nitrogens with one attached hydrogen (secondary N) is 3. The largest absolute Gasteiger partial charge is 0.370 e. The van der Waals surface area contributed by atoms with E-state index in [1.54, 1.807) is 12.1 Å². The highest BCUT2D eigenvalue weighted by Gasteiger charge is 2.07. The standard InChI is InChI=1S/C12H13N5O2/c1-2-13-9-4-3-8(7-14-9)12(19)15-10-5-6-11(18)17-16-10/h3-7H,2H2,1H3,(H,13,14)(H,17,18)(H,15,16,19). The highest BCUT2D eigenvalue weighted by molar-refractivity contribution is 6.03. The Morgan fingerprint density at radius 3 is 2.63 bits per heavy atom. The van der Waals surface area contributed by atoms with Gasteiger partial charge in [-0.25, -0.2) is 10.1 Å². The highest BCUT2D eigenvalue weighted by Crippen LogP contribution is 2.07. The normalized spacial score (nSPS) is 9.95. The van der Waals surface area contributed by atoms with Crippen molar-refractivity contribution < 1.29 is 4.79 Å². The first-order chi connectivity index (χ1) is 9.19. The predicted molar refractivity (Wildman–Crippen MR) is 71.2 cm³/mol. The molecule has 0 unspecified atom stereocenters. The maximum absolute atomic E-state index is 11.9. The number of carbonyl (C=O) groups excluding carboxylic acids is 1. The van der Waals surface area contributed by atoms with E-state index < -0.39 is 0 Å². The summed E-state index contributed by atoms with van der Waals surface area (Å²) in [6.07, 6.45) is 1.47. The van der Waals surface area contributed by atoms with Crippen LogP contribution in [0.25, 0.3) is 0 Å². The van der Waals surface area contributed by atoms with Crippen LogP contribution in [0.5, 0.6) is 0 Å². The molecule has 2 heterocycles. The summed E-state index contributed by atoms with van der Waals surface area (Å²) in [5.74, 6) is 0.650. The first-order valence-electron chi connectivity index (χ1n) is 5.76. The van der Waals surface area contributed by atoms with Gasteiger partial charge in [0.25, 0.3) is 11.5 Å². The van der Waals surface area contributed by atoms with Crippen LogP contribution >= 0.6 is 0 Å². The number of H-pyrrole nitrogens is 1. The van der Waals surface area contributed by atoms with Crippen molar-refractivity contribution in [3.8, 4) is 0 Å². The molecule has 0 radical (unpaired) electrons. The van der Waals surface area contributed by atoms with Crippen molar-refractivity contribution in [3.05, 3.63) is 46.4 Å². The molecule has 0 atom stereocenters. The number of amides is 1. The molecule has 0 spiro atoms. The van der Waals surface area contributed by atoms with Crippen LogP contribution in [0.4, 0.5) is 11.6 Å². The highest BCUT2D eigenvalue weighted by atomic mass is 16.2. The lowest BCUT2D eigenvalue weighted by molar-refractivity contribution is 0.102. The number of aromatic nitrogens is 3. The molecule has 0 aromatic carbocycles. The van der Waals surface area contributed by atoms with Gasteiger partial charge in [0.15, 0.2) is 5.82 Å². The molecule has 0 aliphatic carbocycles. The van der Waals surface area contributed by atoms with Crippen LogP contribution in [0, 0.1) is 0 Å². The van der Waals surface area contributed by atoms with Crippen molar-refractivity contribution >= 4 is 17.5 Å². The van der Waals surface area contributed by atoms with Gasteiger partial charge in [-0.05, 0) is 25.1 Å². The van der Waals surface area contributed by atoms with Gasteiger partial charge in [-0.2, -0.15) is 5.10 Å². The van der Waals surface area contributed by atoms with Gasteiger partial charge >= 0.3 is 0 Å². The molecule has 0 saturated heterocycles. The maximum atomic E-state index is 11.9. The minimum Gasteiger partial charge on any atom is -0.370 e. The van der Waals surface area contributed by atoms with Gasteiger partial charge in [-0.15, -0.1) is 0 Å². The Hall–Kier alpha value is -2.70. The monoisotopic (exact) mass is 259 g/mol. The van der Waals surface area contributed by atoms with Crippen molar-refractivity contribution in [2.24, 2.45) is 0 Å². The average Bonchev–Trinajstić information content (AvgIpc) is 2.42. The molecule has 0 aliphatic rings. The first-order valence-corrected chi connectivity index (χ1v) is 5.76. The number of rotatable bonds is 4. The molecule has 0 saturated carbocycles. The molecule has 19 heavy (non-hydrogen) atoms. The third kappa shape index (κ3) is 3.38. The van der Waals surface area contributed by atoms with Gasteiger partial charge in [0.2, 0.25) is 0 Å². The van der Waals surface area contributed by atoms with Gasteiger partial charge in [-0.3, -0.25) is 9.59 Å². The van der Waals surface area contributed by atoms with Gasteiger partial charge in [0.1, 0.15) is 5.82 Å². The van der Waals surface area contributed by atoms with E-state index in [2.05, 4.69) is 25.8 Å². The van der Waals surface area contributed by atoms with Crippen LogP contribution < -0.4 is 16.2 Å². The first kappa shape index (κ1) is 12.7. The third-order valence-electron chi connectivity index (χ3n) is 2.30. The summed E-state index contributed by atoms with van der Waals surface area (Å²) in [5, 5.41) is 11.5. The SMILES string of the molecule is CCNc1ccc(C(=O)Nc2ccc(=O)[nH]n2)cn1. The van der Waals surface area contributed by atoms with Crippen molar-refractivity contribution in [1.29, 1.82) is 0 Å². The second-order valence-electron chi connectivity index (χ2n) is 3.72. The quantitative estimate of drug-likeness (QED) is 0.755. The minimum absolute atomic E-state index is 0.278. The number of nitrogens with zero attached hydrogens (tertiary/aromatic N) is 2. The predicted octanol–water partition coefficient (Wildman–Crippen LogP) is 0.849. The van der Waals surface area contributed by atoms with E-state index in [4.69, 9.17) is 0 Å². The summed E-state index contributed by atoms with van der Waals surface area (Å²) < 4.78 is 0. The Morgan fingerprint density at radius 1 is 1.26 bits per heavy atom. The Balaban J connectivity index is 2.07. The summed E-state index contributed by atoms with van der Waals surface area (Å²) in [6.45, 7) is 2.73. The van der Waals surface area contributed by atoms with E-state index >= 15 is 0 Å². The maximum Gasteiger partial charge on any atom is 0.264 e. The molecule has 0 bridgehead atoms. The minimum atomic E-state index is -0.338. The third-order valence-corrected chi connectivity index (χ3v) is 2.30. The van der Waals surface area contributed by atoms with Crippen molar-refractivity contribution in [1.82, 2.24) is 15.2 Å². The summed E-state index contributed by atoms with van der Waals surface area (Å²) in [4.78, 5) is 26.8. The zero-order chi connectivity index (χ0) is 13.7. The summed E-state index contributed by atoms with van der Waals surface area (Å²) in [7, 11) is 0. The number of pyridine rings is 1. The van der Waals surface area contributed by atoms with Gasteiger partial charge in [0.05, 0.1) is 5.56 Å². The van der Waals surface area contributed by atoms with Crippen LogP contribution in [0.1, 0.15) is 17.3 Å². The molecule has 3 N–H and O–H groups in total. The summed E-state index contributed by atoms with van der Waals surface area (Å²) in [5.41, 5.74) is 0.0873. The Labute approximate surface area is 109 Å². The lowest BCUT2D eigenvalue weighted by Crippen LogP contribution is -2.16. The van der Waals surface area contributed by atoms with E-state index in [1.807, 2.05) is 6.92 Å². The zero-order valence-electron chi connectivity index (χ0n) is 10.3. The van der Waals surface area contributed by atoms with Crippen molar-refractivity contribution in [3.63, 3.8) is 0 Å². The number of anilines is 2. The van der Waals surface area contributed by atoms with Crippen LogP contribution in [-0.4, -0.2) is 27.6 Å². The van der Waals surface area contributed by atoms with E-state index in [-0.39, 0.29) is 17.3 Å². The number of hydrogen-bond acceptors (Lipinski definition) is 5. The van der Waals surface area contributed by atoms with Crippen LogP contribution in [-0.2, 0) is 0 Å². The average molecular weight is 259 g/mol. The lowest BCUT2D eigenvalue weighted by Gasteiger charge is -2.05. The Kier molecular flexibility index (Phi) is 3.87. The summed E-state index contributed by atoms with van der Waals surface area (Å²) >= 11 is 0. The van der Waals surface area contributed by atoms with Crippen molar-refractivity contribution in [2.45, 2.75) is 6.92 Å². The van der Waals surface area contributed by atoms with Crippen LogP contribution in [0.3, 0.4) is 0 Å². The zero-order valence-corrected chi connectivity index (χ0v) is 10.3. The topological polar surface area (TPSA) is 99.8 Å². The Bertz CT molecular complexity index is 600. The van der Waals surface area contributed by atoms with E-state index in [9.17, 15) is 9.59 Å². The molecule has 7 heteroatoms. The fourth-order valence-electron chi connectivity index (χ4n) is 1.42. The van der Waals surface area contributed by atoms with E-state index in [0.29, 0.717) is 11.4 Å². The van der Waals surface area contributed by atoms with E-state index in [0.717, 1.165) is 6.54 Å². The van der Waals surface area contributed by atoms with Gasteiger partial charge in [-0.1, -0.05) is 0 Å². The molecule has 2 aromatic rings. The molecule has 1 amide bonds. The molecular formula is C12H13N5O2. The van der Waals surface area contributed by atoms with E-state index in [1.165, 1.54) is 18.3 Å². The van der Waals surface area contributed by atoms with Gasteiger partial charge in [0, 0.05) is 18.8 Å². The molecule has 0 fully saturated rings. The van der Waals surface area contributed by atoms with Crippen LogP contribution in [0.15, 0.2) is 35.3 Å². The molecular weight excluding hydrogens is 246 g/mol. The smallest absolute Gasteiger partial charge is 0.264 e. The summed E-state index contributed by atoms with van der Waals surface area (Å²) in [6, 6.07) is 6.09. The molecule has 2 aromatic heterocycles. The fraction of sp³-hybridized carbons (Fsp3) is 0.167. The Morgan fingerprint density at radius 2 is 2.05 bits per heavy atom. The second kappa shape index (κ2) is 5.76. The van der Waals surface area contributed by atoms with Crippen molar-refractivity contribution in [2.75, 3.05) is 17.2 Å². The number of aromatic amines is 1. The number of hydrogen-bond donors (Lipinski definition) is 3. The molecule has 7 nitrogen and oxygen atoms in total. The molecule has 98 valence electrons. The molecule has 2 rings (SSSR count). The van der Waals surface area contributed by atoms with Crippen LogP contribution in [0.2, 0.25) is 0 Å². The van der Waals surface area contributed by atoms with Gasteiger partial charge < -0.3 is 10.6 Å². The molecule has 0 aliphatic heterocycles. The fourth-order valence-corrected chi connectivity index (χ4v) is 1.42.